The van der Waals surface area contributed by atoms with Gasteiger partial charge in [-0.05, 0) is 43.9 Å². The number of nitrogens with zero attached hydrogens (tertiary/aromatic N) is 1. The highest BCUT2D eigenvalue weighted by Crippen LogP contribution is 2.34. The molecule has 2 rings (SSSR count). The van der Waals surface area contributed by atoms with Crippen molar-refractivity contribution < 1.29 is 4.39 Å². The molecule has 0 unspecified atom stereocenters. The van der Waals surface area contributed by atoms with E-state index in [0.717, 1.165) is 16.3 Å². The van der Waals surface area contributed by atoms with Crippen LogP contribution in [0.15, 0.2) is 52.3 Å². The van der Waals surface area contributed by atoms with Gasteiger partial charge in [0.2, 0.25) is 0 Å². The predicted molar refractivity (Wildman–Crippen MR) is 78.8 cm³/mol. The molecule has 0 heterocycles. The molecule has 0 fully saturated rings. The number of benzene rings is 2. The van der Waals surface area contributed by atoms with E-state index in [1.54, 1.807) is 6.07 Å². The smallest absolute Gasteiger partial charge is 0.124 e. The van der Waals surface area contributed by atoms with Crippen LogP contribution in [0.25, 0.3) is 0 Å². The number of anilines is 1. The van der Waals surface area contributed by atoms with Gasteiger partial charge in [0.1, 0.15) is 5.82 Å². The molecule has 0 spiro atoms. The summed E-state index contributed by atoms with van der Waals surface area (Å²) in [5, 5.41) is 0. The van der Waals surface area contributed by atoms with E-state index in [1.807, 2.05) is 32.3 Å². The van der Waals surface area contributed by atoms with Gasteiger partial charge in [0.15, 0.2) is 0 Å². The molecule has 0 radical (unpaired) electrons. The SMILES string of the molecule is CN(C)Cc1ccccc1Sc1cc(F)ccc1N. The van der Waals surface area contributed by atoms with Gasteiger partial charge in [-0.2, -0.15) is 0 Å². The minimum Gasteiger partial charge on any atom is -0.398 e. The van der Waals surface area contributed by atoms with Crippen LogP contribution in [0.3, 0.4) is 0 Å². The molecule has 0 aromatic heterocycles. The van der Waals surface area contributed by atoms with Gasteiger partial charge in [0.25, 0.3) is 0 Å². The van der Waals surface area contributed by atoms with Crippen molar-refractivity contribution in [1.82, 2.24) is 4.90 Å². The van der Waals surface area contributed by atoms with Crippen LogP contribution in [0.5, 0.6) is 0 Å². The largest absolute Gasteiger partial charge is 0.398 e. The van der Waals surface area contributed by atoms with E-state index in [1.165, 1.54) is 29.5 Å². The first-order valence-corrected chi connectivity index (χ1v) is 6.83. The van der Waals surface area contributed by atoms with Crippen LogP contribution in [-0.4, -0.2) is 19.0 Å². The van der Waals surface area contributed by atoms with Gasteiger partial charge in [0, 0.05) is 22.0 Å². The number of nitrogen functional groups attached to an aromatic ring is 1. The Morgan fingerprint density at radius 2 is 1.84 bits per heavy atom. The Labute approximate surface area is 117 Å². The molecular weight excluding hydrogens is 259 g/mol. The lowest BCUT2D eigenvalue weighted by atomic mass is 10.2. The topological polar surface area (TPSA) is 29.3 Å². The molecule has 0 aliphatic rings. The van der Waals surface area contributed by atoms with Crippen molar-refractivity contribution in [1.29, 1.82) is 0 Å². The maximum Gasteiger partial charge on any atom is 0.124 e. The monoisotopic (exact) mass is 276 g/mol. The average Bonchev–Trinajstić information content (AvgIpc) is 2.35. The van der Waals surface area contributed by atoms with E-state index in [-0.39, 0.29) is 5.82 Å². The van der Waals surface area contributed by atoms with E-state index in [9.17, 15) is 4.39 Å². The van der Waals surface area contributed by atoms with Gasteiger partial charge < -0.3 is 10.6 Å². The van der Waals surface area contributed by atoms with E-state index in [4.69, 9.17) is 5.73 Å². The molecule has 0 amide bonds. The van der Waals surface area contributed by atoms with E-state index >= 15 is 0 Å². The average molecular weight is 276 g/mol. The molecule has 100 valence electrons. The zero-order valence-corrected chi connectivity index (χ0v) is 11.9. The lowest BCUT2D eigenvalue weighted by molar-refractivity contribution is 0.399. The molecule has 0 aliphatic carbocycles. The van der Waals surface area contributed by atoms with Crippen molar-refractivity contribution in [2.24, 2.45) is 0 Å². The lowest BCUT2D eigenvalue weighted by Gasteiger charge is -2.14. The summed E-state index contributed by atoms with van der Waals surface area (Å²) in [4.78, 5) is 3.97. The molecule has 19 heavy (non-hydrogen) atoms. The van der Waals surface area contributed by atoms with Crippen LogP contribution < -0.4 is 5.73 Å². The van der Waals surface area contributed by atoms with Gasteiger partial charge in [-0.15, -0.1) is 0 Å². The van der Waals surface area contributed by atoms with Crippen LogP contribution >= 0.6 is 11.8 Å². The number of hydrogen-bond acceptors (Lipinski definition) is 3. The third-order valence-electron chi connectivity index (χ3n) is 2.65. The molecule has 0 saturated heterocycles. The second-order valence-corrected chi connectivity index (χ2v) is 5.71. The maximum atomic E-state index is 13.3. The highest BCUT2D eigenvalue weighted by Gasteiger charge is 2.08. The van der Waals surface area contributed by atoms with Crippen LogP contribution in [-0.2, 0) is 6.54 Å². The van der Waals surface area contributed by atoms with Crippen molar-refractivity contribution in [2.75, 3.05) is 19.8 Å². The van der Waals surface area contributed by atoms with Crippen molar-refractivity contribution >= 4 is 17.4 Å². The Hall–Kier alpha value is -1.52. The lowest BCUT2D eigenvalue weighted by Crippen LogP contribution is -2.11. The first-order chi connectivity index (χ1) is 9.06. The minimum atomic E-state index is -0.262. The minimum absolute atomic E-state index is 0.262. The molecule has 0 aliphatic heterocycles. The summed E-state index contributed by atoms with van der Waals surface area (Å²) in [6.07, 6.45) is 0. The summed E-state index contributed by atoms with van der Waals surface area (Å²) in [5.74, 6) is -0.262. The van der Waals surface area contributed by atoms with Crippen molar-refractivity contribution in [2.45, 2.75) is 16.3 Å². The van der Waals surface area contributed by atoms with Gasteiger partial charge in [-0.25, -0.2) is 4.39 Å². The molecular formula is C15H17FN2S. The van der Waals surface area contributed by atoms with Crippen LogP contribution in [0, 0.1) is 5.82 Å². The Kier molecular flexibility index (Phi) is 4.45. The number of rotatable bonds is 4. The molecule has 0 bridgehead atoms. The van der Waals surface area contributed by atoms with Gasteiger partial charge >= 0.3 is 0 Å². The fourth-order valence-electron chi connectivity index (χ4n) is 1.79. The zero-order valence-electron chi connectivity index (χ0n) is 11.1. The fourth-order valence-corrected chi connectivity index (χ4v) is 2.79. The van der Waals surface area contributed by atoms with Crippen LogP contribution in [0.4, 0.5) is 10.1 Å². The highest BCUT2D eigenvalue weighted by atomic mass is 32.2. The Bertz CT molecular complexity index is 570. The fraction of sp³-hybridized carbons (Fsp3) is 0.200. The quantitative estimate of drug-likeness (QED) is 0.865. The Morgan fingerprint density at radius 1 is 1.11 bits per heavy atom. The summed E-state index contributed by atoms with van der Waals surface area (Å²) in [6.45, 7) is 0.846. The Balaban J connectivity index is 2.30. The van der Waals surface area contributed by atoms with Crippen molar-refractivity contribution in [3.05, 3.63) is 53.8 Å². The standard InChI is InChI=1S/C15H17FN2S/c1-18(2)10-11-5-3-4-6-14(11)19-15-9-12(16)7-8-13(15)17/h3-9H,10,17H2,1-2H3. The molecule has 0 saturated carbocycles. The van der Waals surface area contributed by atoms with E-state index in [0.29, 0.717) is 5.69 Å². The summed E-state index contributed by atoms with van der Waals surface area (Å²) < 4.78 is 13.3. The van der Waals surface area contributed by atoms with Crippen LogP contribution in [0.2, 0.25) is 0 Å². The highest BCUT2D eigenvalue weighted by molar-refractivity contribution is 7.99. The van der Waals surface area contributed by atoms with Gasteiger partial charge in [-0.1, -0.05) is 30.0 Å². The molecule has 0 atom stereocenters. The van der Waals surface area contributed by atoms with E-state index < -0.39 is 0 Å². The number of halogens is 1. The third kappa shape index (κ3) is 3.72. The summed E-state index contributed by atoms with van der Waals surface area (Å²) >= 11 is 1.51. The number of hydrogen-bond donors (Lipinski definition) is 1. The number of nitrogens with two attached hydrogens (primary N) is 1. The van der Waals surface area contributed by atoms with E-state index in [2.05, 4.69) is 11.0 Å². The normalized spacial score (nSPS) is 10.9. The molecule has 4 heteroatoms. The molecule has 2 aromatic rings. The summed E-state index contributed by atoms with van der Waals surface area (Å²) in [7, 11) is 4.05. The summed E-state index contributed by atoms with van der Waals surface area (Å²) in [6, 6.07) is 12.6. The first kappa shape index (κ1) is 13.9. The molecule has 2 nitrogen and oxygen atoms in total. The van der Waals surface area contributed by atoms with Crippen LogP contribution in [0.1, 0.15) is 5.56 Å². The molecule has 2 N–H and O–H groups in total. The van der Waals surface area contributed by atoms with Gasteiger partial charge in [0.05, 0.1) is 0 Å². The maximum absolute atomic E-state index is 13.3. The first-order valence-electron chi connectivity index (χ1n) is 6.02. The Morgan fingerprint density at radius 3 is 2.58 bits per heavy atom. The van der Waals surface area contributed by atoms with Crippen molar-refractivity contribution in [3.63, 3.8) is 0 Å². The van der Waals surface area contributed by atoms with Crippen molar-refractivity contribution in [3.8, 4) is 0 Å². The molecule has 2 aromatic carbocycles. The predicted octanol–water partition coefficient (Wildman–Crippen LogP) is 3.62. The third-order valence-corrected chi connectivity index (χ3v) is 3.85. The second-order valence-electron chi connectivity index (χ2n) is 4.63. The zero-order chi connectivity index (χ0) is 13.8. The summed E-state index contributed by atoms with van der Waals surface area (Å²) in [5.41, 5.74) is 7.70. The van der Waals surface area contributed by atoms with Gasteiger partial charge in [-0.3, -0.25) is 0 Å². The second kappa shape index (κ2) is 6.08.